The third kappa shape index (κ3) is 3.03. The highest BCUT2D eigenvalue weighted by molar-refractivity contribution is 5.99. The van der Waals surface area contributed by atoms with Crippen molar-refractivity contribution in [1.29, 1.82) is 0 Å². The maximum absolute atomic E-state index is 10.1. The number of H-pyrrole nitrogens is 1. The maximum atomic E-state index is 10.1. The molecular weight excluding hydrogens is 260 g/mol. The smallest absolute Gasteiger partial charge is 0.0985 e. The summed E-state index contributed by atoms with van der Waals surface area (Å²) in [6, 6.07) is 15.9. The van der Waals surface area contributed by atoms with Crippen LogP contribution in [0.3, 0.4) is 0 Å². The van der Waals surface area contributed by atoms with Crippen molar-refractivity contribution in [2.45, 2.75) is 13.0 Å². The van der Waals surface area contributed by atoms with Gasteiger partial charge in [0.2, 0.25) is 0 Å². The Balaban J connectivity index is 1.75. The van der Waals surface area contributed by atoms with E-state index in [0.29, 0.717) is 6.54 Å². The lowest BCUT2D eigenvalue weighted by molar-refractivity contribution is 0.187. The number of nitrogens with zero attached hydrogens (tertiary/aromatic N) is 1. The first-order chi connectivity index (χ1) is 10.2. The summed E-state index contributed by atoms with van der Waals surface area (Å²) in [7, 11) is 0. The van der Waals surface area contributed by atoms with E-state index in [-0.39, 0.29) is 0 Å². The molecule has 21 heavy (non-hydrogen) atoms. The number of hydrogen-bond acceptors (Lipinski definition) is 2. The average Bonchev–Trinajstić information content (AvgIpc) is 2.90. The molecular formula is C18H18N2O. The Morgan fingerprint density at radius 1 is 1.19 bits per heavy atom. The summed E-state index contributed by atoms with van der Waals surface area (Å²) in [6.07, 6.45) is 3.21. The summed E-state index contributed by atoms with van der Waals surface area (Å²) in [5.74, 6) is 0. The maximum Gasteiger partial charge on any atom is 0.0985 e. The van der Waals surface area contributed by atoms with Crippen LogP contribution in [-0.4, -0.2) is 22.8 Å². The largest absolute Gasteiger partial charge is 0.386 e. The van der Waals surface area contributed by atoms with E-state index >= 15 is 0 Å². The molecule has 3 rings (SSSR count). The fraction of sp³-hybridized carbons (Fsp3) is 0.167. The van der Waals surface area contributed by atoms with E-state index in [2.05, 4.69) is 35.1 Å². The number of aliphatic imine (C=N–C) groups is 1. The van der Waals surface area contributed by atoms with Crippen LogP contribution < -0.4 is 0 Å². The summed E-state index contributed by atoms with van der Waals surface area (Å²) in [5, 5.41) is 11.2. The topological polar surface area (TPSA) is 48.4 Å². The van der Waals surface area contributed by atoms with E-state index in [4.69, 9.17) is 0 Å². The molecule has 1 unspecified atom stereocenters. The number of aromatic nitrogens is 1. The van der Waals surface area contributed by atoms with E-state index in [1.807, 2.05) is 42.7 Å². The molecule has 3 aromatic rings. The first-order valence-electron chi connectivity index (χ1n) is 7.04. The van der Waals surface area contributed by atoms with Gasteiger partial charge in [0, 0.05) is 28.9 Å². The molecule has 2 N–H and O–H groups in total. The first kappa shape index (κ1) is 13.6. The Bertz CT molecular complexity index is 759. The van der Waals surface area contributed by atoms with Crippen LogP contribution >= 0.6 is 0 Å². The molecule has 1 heterocycles. The SMILES string of the molecule is Cc1ccc2[nH]cc(/C=N/CC(O)c3ccccc3)c2c1. The van der Waals surface area contributed by atoms with Crippen LogP contribution in [0.2, 0.25) is 0 Å². The van der Waals surface area contributed by atoms with Gasteiger partial charge in [0.25, 0.3) is 0 Å². The number of aryl methyl sites for hydroxylation is 1. The molecule has 2 aromatic carbocycles. The quantitative estimate of drug-likeness (QED) is 0.703. The van der Waals surface area contributed by atoms with E-state index in [0.717, 1.165) is 22.0 Å². The first-order valence-corrected chi connectivity index (χ1v) is 7.04. The summed E-state index contributed by atoms with van der Waals surface area (Å²) in [6.45, 7) is 2.44. The fourth-order valence-electron chi connectivity index (χ4n) is 2.39. The van der Waals surface area contributed by atoms with Gasteiger partial charge in [-0.1, -0.05) is 42.0 Å². The number of rotatable bonds is 4. The molecule has 1 atom stereocenters. The predicted octanol–water partition coefficient (Wildman–Crippen LogP) is 3.63. The van der Waals surface area contributed by atoms with Gasteiger partial charge in [0.05, 0.1) is 12.6 Å². The lowest BCUT2D eigenvalue weighted by Crippen LogP contribution is -2.01. The van der Waals surface area contributed by atoms with Gasteiger partial charge in [0.1, 0.15) is 0 Å². The predicted molar refractivity (Wildman–Crippen MR) is 86.9 cm³/mol. The van der Waals surface area contributed by atoms with Crippen molar-refractivity contribution in [3.05, 3.63) is 71.4 Å². The zero-order valence-electron chi connectivity index (χ0n) is 12.0. The third-order valence-corrected chi connectivity index (χ3v) is 3.56. The Kier molecular flexibility index (Phi) is 3.84. The summed E-state index contributed by atoms with van der Waals surface area (Å²) >= 11 is 0. The molecule has 106 valence electrons. The van der Waals surface area contributed by atoms with Crippen molar-refractivity contribution < 1.29 is 5.11 Å². The zero-order valence-corrected chi connectivity index (χ0v) is 12.0. The minimum atomic E-state index is -0.561. The molecule has 0 saturated heterocycles. The van der Waals surface area contributed by atoms with Gasteiger partial charge >= 0.3 is 0 Å². The van der Waals surface area contributed by atoms with E-state index in [9.17, 15) is 5.11 Å². The average molecular weight is 278 g/mol. The number of nitrogens with one attached hydrogen (secondary N) is 1. The highest BCUT2D eigenvalue weighted by atomic mass is 16.3. The second-order valence-corrected chi connectivity index (χ2v) is 5.21. The van der Waals surface area contributed by atoms with Crippen LogP contribution in [0.4, 0.5) is 0 Å². The second kappa shape index (κ2) is 5.94. The number of aromatic amines is 1. The summed E-state index contributed by atoms with van der Waals surface area (Å²) in [4.78, 5) is 7.61. The Hall–Kier alpha value is -2.39. The normalized spacial score (nSPS) is 13.0. The van der Waals surface area contributed by atoms with Crippen molar-refractivity contribution in [2.24, 2.45) is 4.99 Å². The molecule has 0 spiro atoms. The van der Waals surface area contributed by atoms with Crippen LogP contribution in [0.1, 0.15) is 22.8 Å². The van der Waals surface area contributed by atoms with Gasteiger partial charge < -0.3 is 10.1 Å². The molecule has 3 heteroatoms. The Morgan fingerprint density at radius 2 is 2.00 bits per heavy atom. The monoisotopic (exact) mass is 278 g/mol. The number of benzene rings is 2. The molecule has 0 fully saturated rings. The second-order valence-electron chi connectivity index (χ2n) is 5.21. The van der Waals surface area contributed by atoms with Crippen LogP contribution in [0.25, 0.3) is 10.9 Å². The molecule has 0 amide bonds. The lowest BCUT2D eigenvalue weighted by Gasteiger charge is -2.06. The number of aliphatic hydroxyl groups is 1. The molecule has 1 aromatic heterocycles. The van der Waals surface area contributed by atoms with Crippen molar-refractivity contribution in [3.63, 3.8) is 0 Å². The van der Waals surface area contributed by atoms with Crippen LogP contribution in [0, 0.1) is 6.92 Å². The van der Waals surface area contributed by atoms with Crippen molar-refractivity contribution in [2.75, 3.05) is 6.54 Å². The highest BCUT2D eigenvalue weighted by Gasteiger charge is 2.05. The summed E-state index contributed by atoms with van der Waals surface area (Å²) < 4.78 is 0. The molecule has 0 aliphatic carbocycles. The molecule has 0 aliphatic rings. The standard InChI is InChI=1S/C18H18N2O/c1-13-7-8-17-16(9-13)15(11-20-17)10-19-12-18(21)14-5-3-2-4-6-14/h2-11,18,20-21H,12H2,1H3/b19-10+. The molecule has 0 aliphatic heterocycles. The van der Waals surface area contributed by atoms with Gasteiger partial charge in [-0.05, 0) is 24.6 Å². The van der Waals surface area contributed by atoms with E-state index in [1.165, 1.54) is 5.56 Å². The third-order valence-electron chi connectivity index (χ3n) is 3.56. The van der Waals surface area contributed by atoms with E-state index in [1.54, 1.807) is 0 Å². The van der Waals surface area contributed by atoms with Gasteiger partial charge in [-0.2, -0.15) is 0 Å². The molecule has 3 nitrogen and oxygen atoms in total. The fourth-order valence-corrected chi connectivity index (χ4v) is 2.39. The van der Waals surface area contributed by atoms with Crippen molar-refractivity contribution in [3.8, 4) is 0 Å². The van der Waals surface area contributed by atoms with E-state index < -0.39 is 6.10 Å². The lowest BCUT2D eigenvalue weighted by atomic mass is 10.1. The van der Waals surface area contributed by atoms with Crippen LogP contribution in [0.15, 0.2) is 59.7 Å². The molecule has 0 radical (unpaired) electrons. The van der Waals surface area contributed by atoms with Gasteiger partial charge in [-0.15, -0.1) is 0 Å². The van der Waals surface area contributed by atoms with Gasteiger partial charge in [-0.3, -0.25) is 4.99 Å². The van der Waals surface area contributed by atoms with Crippen molar-refractivity contribution >= 4 is 17.1 Å². The van der Waals surface area contributed by atoms with Gasteiger partial charge in [-0.25, -0.2) is 0 Å². The summed E-state index contributed by atoms with van der Waals surface area (Å²) in [5.41, 5.74) is 4.27. The minimum Gasteiger partial charge on any atom is -0.386 e. The zero-order chi connectivity index (χ0) is 14.7. The number of hydrogen-bond donors (Lipinski definition) is 2. The number of fused-ring (bicyclic) bond motifs is 1. The van der Waals surface area contributed by atoms with Gasteiger partial charge in [0.15, 0.2) is 0 Å². The highest BCUT2D eigenvalue weighted by Crippen LogP contribution is 2.18. The molecule has 0 saturated carbocycles. The number of aliphatic hydroxyl groups excluding tert-OH is 1. The van der Waals surface area contributed by atoms with Crippen molar-refractivity contribution in [1.82, 2.24) is 4.98 Å². The Labute approximate surface area is 124 Å². The van der Waals surface area contributed by atoms with Crippen LogP contribution in [-0.2, 0) is 0 Å². The van der Waals surface area contributed by atoms with Crippen LogP contribution in [0.5, 0.6) is 0 Å². The minimum absolute atomic E-state index is 0.364. The Morgan fingerprint density at radius 3 is 2.81 bits per heavy atom. The molecule has 0 bridgehead atoms.